The fourth-order valence-corrected chi connectivity index (χ4v) is 2.11. The molecule has 1 aromatic heterocycles. The van der Waals surface area contributed by atoms with Crippen LogP contribution < -0.4 is 5.32 Å². The van der Waals surface area contributed by atoms with E-state index in [1.165, 1.54) is 11.9 Å². The molecule has 0 fully saturated rings. The van der Waals surface area contributed by atoms with E-state index in [2.05, 4.69) is 35.1 Å². The van der Waals surface area contributed by atoms with Crippen molar-refractivity contribution in [3.05, 3.63) is 35.5 Å². The van der Waals surface area contributed by atoms with Gasteiger partial charge in [-0.05, 0) is 31.2 Å². The van der Waals surface area contributed by atoms with E-state index in [9.17, 15) is 0 Å². The highest BCUT2D eigenvalue weighted by Gasteiger charge is 2.02. The Morgan fingerprint density at radius 3 is 2.94 bits per heavy atom. The summed E-state index contributed by atoms with van der Waals surface area (Å²) in [6.07, 6.45) is 3.28. The average molecular weight is 237 g/mol. The SMILES string of the molecule is CCCNCCn1ccc2c(Cl)cccc21. The van der Waals surface area contributed by atoms with Crippen LogP contribution in [0.5, 0.6) is 0 Å². The molecule has 0 saturated carbocycles. The Morgan fingerprint density at radius 1 is 1.25 bits per heavy atom. The summed E-state index contributed by atoms with van der Waals surface area (Å²) in [6.45, 7) is 5.26. The quantitative estimate of drug-likeness (QED) is 0.789. The predicted molar refractivity (Wildman–Crippen MR) is 70.1 cm³/mol. The molecule has 1 N–H and O–H groups in total. The van der Waals surface area contributed by atoms with Crippen molar-refractivity contribution >= 4 is 22.5 Å². The third-order valence-corrected chi connectivity index (χ3v) is 3.05. The summed E-state index contributed by atoms with van der Waals surface area (Å²) in [4.78, 5) is 0. The van der Waals surface area contributed by atoms with Crippen LogP contribution in [0.3, 0.4) is 0 Å². The van der Waals surface area contributed by atoms with Crippen LogP contribution in [0, 0.1) is 0 Å². The van der Waals surface area contributed by atoms with Gasteiger partial charge in [0.25, 0.3) is 0 Å². The second-order valence-electron chi connectivity index (χ2n) is 3.93. The van der Waals surface area contributed by atoms with Crippen LogP contribution in [0.1, 0.15) is 13.3 Å². The zero-order valence-electron chi connectivity index (χ0n) is 9.54. The van der Waals surface area contributed by atoms with Crippen molar-refractivity contribution in [2.24, 2.45) is 0 Å². The number of nitrogens with zero attached hydrogens (tertiary/aromatic N) is 1. The molecular weight excluding hydrogens is 220 g/mol. The van der Waals surface area contributed by atoms with Gasteiger partial charge in [-0.1, -0.05) is 24.6 Å². The Morgan fingerprint density at radius 2 is 2.12 bits per heavy atom. The lowest BCUT2D eigenvalue weighted by Gasteiger charge is -2.06. The smallest absolute Gasteiger partial charge is 0.0499 e. The Hall–Kier alpha value is -0.990. The predicted octanol–water partition coefficient (Wildman–Crippen LogP) is 3.29. The van der Waals surface area contributed by atoms with Crippen molar-refractivity contribution in [3.63, 3.8) is 0 Å². The van der Waals surface area contributed by atoms with Crippen LogP contribution in [0.4, 0.5) is 0 Å². The minimum atomic E-state index is 0.831. The van der Waals surface area contributed by atoms with Crippen molar-refractivity contribution in [2.45, 2.75) is 19.9 Å². The van der Waals surface area contributed by atoms with E-state index in [-0.39, 0.29) is 0 Å². The van der Waals surface area contributed by atoms with Gasteiger partial charge in [0, 0.05) is 35.2 Å². The van der Waals surface area contributed by atoms with Crippen LogP contribution >= 0.6 is 11.6 Å². The van der Waals surface area contributed by atoms with Gasteiger partial charge < -0.3 is 9.88 Å². The summed E-state index contributed by atoms with van der Waals surface area (Å²) in [6, 6.07) is 8.13. The second-order valence-corrected chi connectivity index (χ2v) is 4.34. The number of hydrogen-bond donors (Lipinski definition) is 1. The second kappa shape index (κ2) is 5.37. The summed E-state index contributed by atoms with van der Waals surface area (Å²) in [5.74, 6) is 0. The topological polar surface area (TPSA) is 17.0 Å². The highest BCUT2D eigenvalue weighted by molar-refractivity contribution is 6.35. The first-order valence-electron chi connectivity index (χ1n) is 5.77. The van der Waals surface area contributed by atoms with E-state index in [0.29, 0.717) is 0 Å². The number of hydrogen-bond acceptors (Lipinski definition) is 1. The lowest BCUT2D eigenvalue weighted by molar-refractivity contribution is 0.604. The first-order valence-corrected chi connectivity index (χ1v) is 6.15. The number of fused-ring (bicyclic) bond motifs is 1. The molecule has 0 amide bonds. The molecule has 86 valence electrons. The van der Waals surface area contributed by atoms with Gasteiger partial charge in [0.2, 0.25) is 0 Å². The summed E-state index contributed by atoms with van der Waals surface area (Å²) in [7, 11) is 0. The minimum Gasteiger partial charge on any atom is -0.346 e. The number of aromatic nitrogens is 1. The number of rotatable bonds is 5. The van der Waals surface area contributed by atoms with Crippen LogP contribution in [-0.2, 0) is 6.54 Å². The first-order chi connectivity index (χ1) is 7.83. The van der Waals surface area contributed by atoms with Crippen molar-refractivity contribution in [1.29, 1.82) is 0 Å². The maximum atomic E-state index is 6.13. The van der Waals surface area contributed by atoms with Crippen molar-refractivity contribution < 1.29 is 0 Å². The molecule has 0 atom stereocenters. The Kier molecular flexibility index (Phi) is 3.86. The number of halogens is 1. The molecule has 1 heterocycles. The number of nitrogens with one attached hydrogen (secondary N) is 1. The Balaban J connectivity index is 2.10. The van der Waals surface area contributed by atoms with Crippen molar-refractivity contribution in [2.75, 3.05) is 13.1 Å². The molecule has 16 heavy (non-hydrogen) atoms. The van der Waals surface area contributed by atoms with E-state index in [1.807, 2.05) is 12.1 Å². The van der Waals surface area contributed by atoms with E-state index in [4.69, 9.17) is 11.6 Å². The summed E-state index contributed by atoms with van der Waals surface area (Å²) in [5, 5.41) is 5.37. The van der Waals surface area contributed by atoms with Gasteiger partial charge in [0.15, 0.2) is 0 Å². The average Bonchev–Trinajstić information content (AvgIpc) is 2.70. The summed E-state index contributed by atoms with van der Waals surface area (Å²) < 4.78 is 2.24. The minimum absolute atomic E-state index is 0.831. The Bertz CT molecular complexity index is 462. The molecule has 0 bridgehead atoms. The molecule has 0 radical (unpaired) electrons. The van der Waals surface area contributed by atoms with Crippen LogP contribution in [0.25, 0.3) is 10.9 Å². The van der Waals surface area contributed by atoms with Gasteiger partial charge in [-0.15, -0.1) is 0 Å². The normalized spacial score (nSPS) is 11.1. The standard InChI is InChI=1S/C13H17ClN2/c1-2-7-15-8-10-16-9-6-11-12(14)4-3-5-13(11)16/h3-6,9,15H,2,7-8,10H2,1H3. The van der Waals surface area contributed by atoms with Gasteiger partial charge in [-0.2, -0.15) is 0 Å². The third-order valence-electron chi connectivity index (χ3n) is 2.72. The van der Waals surface area contributed by atoms with Gasteiger partial charge in [0.1, 0.15) is 0 Å². The molecule has 0 saturated heterocycles. The zero-order valence-corrected chi connectivity index (χ0v) is 10.3. The van der Waals surface area contributed by atoms with E-state index < -0.39 is 0 Å². The van der Waals surface area contributed by atoms with Crippen LogP contribution in [0.2, 0.25) is 5.02 Å². The highest BCUT2D eigenvalue weighted by atomic mass is 35.5. The molecule has 2 rings (SSSR count). The molecule has 0 aliphatic carbocycles. The van der Waals surface area contributed by atoms with E-state index >= 15 is 0 Å². The van der Waals surface area contributed by atoms with Gasteiger partial charge in [0.05, 0.1) is 0 Å². The van der Waals surface area contributed by atoms with Crippen molar-refractivity contribution in [1.82, 2.24) is 9.88 Å². The summed E-state index contributed by atoms with van der Waals surface area (Å²) >= 11 is 6.13. The largest absolute Gasteiger partial charge is 0.346 e. The van der Waals surface area contributed by atoms with Gasteiger partial charge >= 0.3 is 0 Å². The molecule has 0 aliphatic rings. The van der Waals surface area contributed by atoms with Crippen molar-refractivity contribution in [3.8, 4) is 0 Å². The van der Waals surface area contributed by atoms with Gasteiger partial charge in [-0.3, -0.25) is 0 Å². The fraction of sp³-hybridized carbons (Fsp3) is 0.385. The number of benzene rings is 1. The van der Waals surface area contributed by atoms with E-state index in [1.54, 1.807) is 0 Å². The molecule has 3 heteroatoms. The maximum Gasteiger partial charge on any atom is 0.0499 e. The van der Waals surface area contributed by atoms with Crippen LogP contribution in [0.15, 0.2) is 30.5 Å². The van der Waals surface area contributed by atoms with E-state index in [0.717, 1.165) is 30.0 Å². The molecule has 2 nitrogen and oxygen atoms in total. The lowest BCUT2D eigenvalue weighted by atomic mass is 10.2. The monoisotopic (exact) mass is 236 g/mol. The van der Waals surface area contributed by atoms with Crippen LogP contribution in [-0.4, -0.2) is 17.7 Å². The molecule has 2 aromatic rings. The molecule has 0 aliphatic heterocycles. The molecular formula is C13H17ClN2. The van der Waals surface area contributed by atoms with Gasteiger partial charge in [-0.25, -0.2) is 0 Å². The highest BCUT2D eigenvalue weighted by Crippen LogP contribution is 2.23. The zero-order chi connectivity index (χ0) is 11.4. The first kappa shape index (κ1) is 11.5. The molecule has 1 aromatic carbocycles. The maximum absolute atomic E-state index is 6.13. The Labute approximate surface area is 101 Å². The lowest BCUT2D eigenvalue weighted by Crippen LogP contribution is -2.20. The molecule has 0 spiro atoms. The fourth-order valence-electron chi connectivity index (χ4n) is 1.88. The summed E-state index contributed by atoms with van der Waals surface area (Å²) in [5.41, 5.74) is 1.21. The molecule has 0 unspecified atom stereocenters. The third kappa shape index (κ3) is 2.39.